The zero-order valence-electron chi connectivity index (χ0n) is 23.6. The van der Waals surface area contributed by atoms with Gasteiger partial charge in [-0.15, -0.1) is 0 Å². The number of nitrogens with two attached hydrogens (primary N) is 1. The lowest BCUT2D eigenvalue weighted by Gasteiger charge is -2.41. The number of primary amides is 1. The van der Waals surface area contributed by atoms with Crippen molar-refractivity contribution in [3.05, 3.63) is 47.9 Å². The van der Waals surface area contributed by atoms with Crippen molar-refractivity contribution < 1.29 is 24.2 Å². The van der Waals surface area contributed by atoms with Crippen molar-refractivity contribution in [2.45, 2.75) is 70.6 Å². The van der Waals surface area contributed by atoms with Gasteiger partial charge in [0.05, 0.1) is 12.5 Å². The molecule has 0 radical (unpaired) electrons. The highest BCUT2D eigenvalue weighted by molar-refractivity contribution is 5.90. The molecule has 2 atom stereocenters. The molecule has 41 heavy (non-hydrogen) atoms. The Balaban J connectivity index is 1.34. The Labute approximate surface area is 237 Å². The summed E-state index contributed by atoms with van der Waals surface area (Å²) in [6.45, 7) is 7.00. The number of fused-ring (bicyclic) bond motifs is 2. The largest absolute Gasteiger partial charge is 0.491 e. The molecule has 1 aromatic carbocycles. The number of benzene rings is 1. The number of hydrogen-bond acceptors (Lipinski definition) is 8. The summed E-state index contributed by atoms with van der Waals surface area (Å²) >= 11 is 0. The molecule has 13 nitrogen and oxygen atoms in total. The first-order valence-electron chi connectivity index (χ1n) is 13.8. The summed E-state index contributed by atoms with van der Waals surface area (Å²) in [4.78, 5) is 51.2. The average molecular weight is 565 g/mol. The SMILES string of the molecule is CC(C)(C)N(C(=O)O)[C@H](CC(N)=O)C(=O)N1CCc2cccc(OC[C@H]3CCCN3c3ccnc4ncnn34)c2C1. The predicted octanol–water partition coefficient (Wildman–Crippen LogP) is 2.08. The topological polar surface area (TPSA) is 159 Å². The third-order valence-electron chi connectivity index (χ3n) is 7.72. The lowest BCUT2D eigenvalue weighted by atomic mass is 9.96. The third kappa shape index (κ3) is 5.74. The molecule has 0 spiro atoms. The molecule has 218 valence electrons. The summed E-state index contributed by atoms with van der Waals surface area (Å²) in [6, 6.07) is 6.67. The molecule has 3 amide bonds. The molecular formula is C28H36N8O5. The highest BCUT2D eigenvalue weighted by atomic mass is 16.5. The lowest BCUT2D eigenvalue weighted by molar-refractivity contribution is -0.141. The van der Waals surface area contributed by atoms with E-state index in [2.05, 4.69) is 20.0 Å². The van der Waals surface area contributed by atoms with E-state index in [-0.39, 0.29) is 12.6 Å². The van der Waals surface area contributed by atoms with Crippen molar-refractivity contribution in [1.82, 2.24) is 29.4 Å². The molecular weight excluding hydrogens is 528 g/mol. The molecule has 13 heteroatoms. The van der Waals surface area contributed by atoms with Crippen molar-refractivity contribution in [1.29, 1.82) is 0 Å². The van der Waals surface area contributed by atoms with Gasteiger partial charge < -0.3 is 25.4 Å². The molecule has 3 aromatic rings. The number of ether oxygens (including phenoxy) is 1. The maximum absolute atomic E-state index is 13.7. The van der Waals surface area contributed by atoms with Crippen LogP contribution < -0.4 is 15.4 Å². The van der Waals surface area contributed by atoms with Gasteiger partial charge in [-0.2, -0.15) is 14.6 Å². The van der Waals surface area contributed by atoms with Gasteiger partial charge >= 0.3 is 6.09 Å². The van der Waals surface area contributed by atoms with Gasteiger partial charge in [0.1, 0.15) is 30.5 Å². The fraction of sp³-hybridized carbons (Fsp3) is 0.500. The van der Waals surface area contributed by atoms with E-state index >= 15 is 0 Å². The van der Waals surface area contributed by atoms with Gasteiger partial charge in [0, 0.05) is 36.9 Å². The fourth-order valence-electron chi connectivity index (χ4n) is 5.89. The van der Waals surface area contributed by atoms with Crippen LogP contribution in [0.3, 0.4) is 0 Å². The first kappa shape index (κ1) is 28.1. The van der Waals surface area contributed by atoms with Crippen molar-refractivity contribution >= 4 is 29.5 Å². The Morgan fingerprint density at radius 2 is 2.00 bits per heavy atom. The highest BCUT2D eigenvalue weighted by Gasteiger charge is 2.41. The summed E-state index contributed by atoms with van der Waals surface area (Å²) < 4.78 is 8.14. The normalized spacial score (nSPS) is 17.8. The van der Waals surface area contributed by atoms with E-state index in [9.17, 15) is 19.5 Å². The number of carbonyl (C=O) groups is 3. The molecule has 5 rings (SSSR count). The molecule has 2 aliphatic heterocycles. The first-order chi connectivity index (χ1) is 19.5. The zero-order valence-corrected chi connectivity index (χ0v) is 23.6. The molecule has 0 aliphatic carbocycles. The highest BCUT2D eigenvalue weighted by Crippen LogP contribution is 2.32. The van der Waals surface area contributed by atoms with E-state index < -0.39 is 35.9 Å². The van der Waals surface area contributed by atoms with Gasteiger partial charge in [0.25, 0.3) is 5.78 Å². The van der Waals surface area contributed by atoms with Crippen molar-refractivity contribution in [2.24, 2.45) is 5.73 Å². The molecule has 2 aromatic heterocycles. The third-order valence-corrected chi connectivity index (χ3v) is 7.72. The summed E-state index contributed by atoms with van der Waals surface area (Å²) in [6.07, 6.45) is 4.09. The van der Waals surface area contributed by atoms with Gasteiger partial charge in [-0.25, -0.2) is 9.78 Å². The van der Waals surface area contributed by atoms with Crippen molar-refractivity contribution in [2.75, 3.05) is 24.6 Å². The maximum atomic E-state index is 13.7. The molecule has 0 bridgehead atoms. The molecule has 0 unspecified atom stereocenters. The predicted molar refractivity (Wildman–Crippen MR) is 149 cm³/mol. The quantitative estimate of drug-likeness (QED) is 0.418. The Hall–Kier alpha value is -4.42. The molecule has 1 fully saturated rings. The van der Waals surface area contributed by atoms with Gasteiger partial charge in [0.2, 0.25) is 11.8 Å². The van der Waals surface area contributed by atoms with E-state index in [0.29, 0.717) is 31.1 Å². The average Bonchev–Trinajstić information content (AvgIpc) is 3.59. The minimum atomic E-state index is -1.28. The van der Waals surface area contributed by atoms with Crippen LogP contribution in [0.25, 0.3) is 5.78 Å². The molecule has 4 heterocycles. The first-order valence-corrected chi connectivity index (χ1v) is 13.8. The Bertz CT molecular complexity index is 1450. The number of anilines is 1. The minimum absolute atomic E-state index is 0.109. The number of amides is 3. The van der Waals surface area contributed by atoms with Crippen molar-refractivity contribution in [3.8, 4) is 5.75 Å². The number of hydrogen-bond donors (Lipinski definition) is 2. The molecule has 1 saturated heterocycles. The number of aromatic nitrogens is 4. The number of carboxylic acid groups (broad SMARTS) is 1. The van der Waals surface area contributed by atoms with Crippen LogP contribution in [-0.2, 0) is 22.6 Å². The standard InChI is InChI=1S/C28H36N8O5/c1-28(2,3)35(27(39)40)21(14-23(29)37)25(38)33-13-10-18-6-4-8-22(20(18)15-33)41-16-19-7-5-12-34(19)24-9-11-30-26-31-17-32-36(24)26/h4,6,8-9,11,17,19,21H,5,7,10,12-16H2,1-3H3,(H2,29,37)(H,39,40)/t19-,21-/m1/s1. The second-order valence-electron chi connectivity index (χ2n) is 11.5. The molecule has 2 aliphatic rings. The van der Waals surface area contributed by atoms with E-state index in [1.165, 1.54) is 6.33 Å². The summed E-state index contributed by atoms with van der Waals surface area (Å²) in [5.74, 6) is 0.952. The summed E-state index contributed by atoms with van der Waals surface area (Å²) in [5.41, 5.74) is 6.50. The minimum Gasteiger partial charge on any atom is -0.491 e. The van der Waals surface area contributed by atoms with Crippen LogP contribution in [0.2, 0.25) is 0 Å². The Morgan fingerprint density at radius 1 is 1.20 bits per heavy atom. The smallest absolute Gasteiger partial charge is 0.408 e. The van der Waals surface area contributed by atoms with Crippen LogP contribution in [0.15, 0.2) is 36.8 Å². The second kappa shape index (κ2) is 11.2. The molecule has 3 N–H and O–H groups in total. The maximum Gasteiger partial charge on any atom is 0.408 e. The Kier molecular flexibility index (Phi) is 7.70. The van der Waals surface area contributed by atoms with Crippen LogP contribution >= 0.6 is 0 Å². The van der Waals surface area contributed by atoms with Gasteiger partial charge in [-0.3, -0.25) is 14.5 Å². The fourth-order valence-corrected chi connectivity index (χ4v) is 5.89. The monoisotopic (exact) mass is 564 g/mol. The van der Waals surface area contributed by atoms with Crippen LogP contribution in [0.4, 0.5) is 10.6 Å². The van der Waals surface area contributed by atoms with Crippen molar-refractivity contribution in [3.63, 3.8) is 0 Å². The number of carbonyl (C=O) groups excluding carboxylic acids is 2. The zero-order chi connectivity index (χ0) is 29.3. The lowest BCUT2D eigenvalue weighted by Crippen LogP contribution is -2.58. The summed E-state index contributed by atoms with van der Waals surface area (Å²) in [7, 11) is 0. The number of nitrogens with zero attached hydrogens (tertiary/aromatic N) is 7. The van der Waals surface area contributed by atoms with Crippen LogP contribution in [-0.4, -0.2) is 89.7 Å². The second-order valence-corrected chi connectivity index (χ2v) is 11.5. The van der Waals surface area contributed by atoms with E-state index in [1.54, 1.807) is 36.4 Å². The van der Waals surface area contributed by atoms with E-state index in [1.807, 2.05) is 24.3 Å². The van der Waals surface area contributed by atoms with Gasteiger partial charge in [0.15, 0.2) is 0 Å². The Morgan fingerprint density at radius 3 is 2.73 bits per heavy atom. The van der Waals surface area contributed by atoms with Crippen LogP contribution in [0.1, 0.15) is 51.2 Å². The van der Waals surface area contributed by atoms with Crippen LogP contribution in [0.5, 0.6) is 5.75 Å². The van der Waals surface area contributed by atoms with Crippen LogP contribution in [0, 0.1) is 0 Å². The van der Waals surface area contributed by atoms with E-state index in [4.69, 9.17) is 10.5 Å². The van der Waals surface area contributed by atoms with Gasteiger partial charge in [-0.1, -0.05) is 12.1 Å². The van der Waals surface area contributed by atoms with Gasteiger partial charge in [-0.05, 0) is 57.7 Å². The number of rotatable bonds is 8. The summed E-state index contributed by atoms with van der Waals surface area (Å²) in [5, 5.41) is 14.3. The van der Waals surface area contributed by atoms with E-state index in [0.717, 1.165) is 41.2 Å². The molecule has 0 saturated carbocycles.